The Morgan fingerprint density at radius 3 is 2.89 bits per heavy atom. The minimum Gasteiger partial charge on any atom is -0.497 e. The lowest BCUT2D eigenvalue weighted by Crippen LogP contribution is -2.42. The summed E-state index contributed by atoms with van der Waals surface area (Å²) in [4.78, 5) is 7.81. The summed E-state index contributed by atoms with van der Waals surface area (Å²) in [6.45, 7) is 3.05. The second-order valence-electron chi connectivity index (χ2n) is 9.33. The van der Waals surface area contributed by atoms with Crippen LogP contribution in [0.2, 0.25) is 0 Å². The van der Waals surface area contributed by atoms with E-state index >= 15 is 0 Å². The molecule has 1 aromatic heterocycles. The summed E-state index contributed by atoms with van der Waals surface area (Å²) in [6.07, 6.45) is 4.76. The number of benzene rings is 2. The average Bonchev–Trinajstić information content (AvgIpc) is 2.89. The highest BCUT2D eigenvalue weighted by Gasteiger charge is 2.29. The van der Waals surface area contributed by atoms with Crippen LogP contribution in [0.1, 0.15) is 37.4 Å². The Hall–Kier alpha value is -2.19. The van der Waals surface area contributed by atoms with Gasteiger partial charge >= 0.3 is 0 Å². The molecule has 0 aliphatic carbocycles. The predicted octanol–water partition coefficient (Wildman–Crippen LogP) is 5.31. The molecule has 1 aliphatic heterocycles. The number of aliphatic hydroxyl groups is 2. The average molecular weight is 499 g/mol. The zero-order valence-electron chi connectivity index (χ0n) is 20.3. The zero-order chi connectivity index (χ0) is 24.6. The maximum absolute atomic E-state index is 13.3. The number of hydrogen-bond acceptors (Lipinski definition) is 6. The lowest BCUT2D eigenvalue weighted by Gasteiger charge is -2.38. The number of ether oxygens (including phenoxy) is 1. The highest BCUT2D eigenvalue weighted by molar-refractivity contribution is 7.99. The van der Waals surface area contributed by atoms with E-state index in [1.807, 2.05) is 30.3 Å². The first-order valence-electron chi connectivity index (χ1n) is 12.4. The first-order valence-corrected chi connectivity index (χ1v) is 13.4. The normalized spacial score (nSPS) is 19.7. The fourth-order valence-corrected chi connectivity index (χ4v) is 5.95. The standard InChI is InChI=1S/C28H35FN2O3S/c1-34-23-7-8-27-26(17-23)25(10-12-30-27)28(33)9-6-20-11-14-31(18-21(20)19-32)13-3-15-35-24-5-2-4-22(29)16-24/h2,4-5,7-8,10,12,16-17,20-21,28,32-33H,3,6,9,11,13-15,18-19H2,1H3/t20-,21-,28+/m1/s1. The van der Waals surface area contributed by atoms with Gasteiger partial charge in [-0.15, -0.1) is 11.8 Å². The number of hydrogen-bond donors (Lipinski definition) is 2. The Bertz CT molecular complexity index is 1100. The first-order chi connectivity index (χ1) is 17.1. The third kappa shape index (κ3) is 6.94. The van der Waals surface area contributed by atoms with Gasteiger partial charge < -0.3 is 19.8 Å². The van der Waals surface area contributed by atoms with Gasteiger partial charge in [0.1, 0.15) is 11.6 Å². The van der Waals surface area contributed by atoms with Crippen LogP contribution in [0.5, 0.6) is 5.75 Å². The van der Waals surface area contributed by atoms with E-state index in [-0.39, 0.29) is 18.3 Å². The number of pyridine rings is 1. The van der Waals surface area contributed by atoms with E-state index in [4.69, 9.17) is 4.74 Å². The minimum absolute atomic E-state index is 0.171. The van der Waals surface area contributed by atoms with Gasteiger partial charge in [-0.05, 0) is 104 Å². The van der Waals surface area contributed by atoms with Crippen LogP contribution in [0.4, 0.5) is 4.39 Å². The van der Waals surface area contributed by atoms with Crippen LogP contribution < -0.4 is 4.74 Å². The van der Waals surface area contributed by atoms with Gasteiger partial charge in [0.05, 0.1) is 18.7 Å². The lowest BCUT2D eigenvalue weighted by molar-refractivity contribution is 0.0581. The summed E-state index contributed by atoms with van der Waals surface area (Å²) in [6, 6.07) is 14.4. The third-order valence-electron chi connectivity index (χ3n) is 7.05. The van der Waals surface area contributed by atoms with Gasteiger partial charge in [-0.1, -0.05) is 6.07 Å². The molecule has 0 unspecified atom stereocenters. The molecular formula is C28H35FN2O3S. The molecule has 35 heavy (non-hydrogen) atoms. The summed E-state index contributed by atoms with van der Waals surface area (Å²) >= 11 is 1.69. The second-order valence-corrected chi connectivity index (χ2v) is 10.5. The van der Waals surface area contributed by atoms with E-state index in [0.717, 1.165) is 71.8 Å². The molecule has 2 heterocycles. The molecule has 0 saturated carbocycles. The molecule has 1 saturated heterocycles. The van der Waals surface area contributed by atoms with Gasteiger partial charge in [0.2, 0.25) is 0 Å². The number of fused-ring (bicyclic) bond motifs is 1. The molecule has 0 bridgehead atoms. The number of likely N-dealkylation sites (tertiary alicyclic amines) is 1. The number of halogens is 1. The van der Waals surface area contributed by atoms with Crippen molar-refractivity contribution >= 4 is 22.7 Å². The van der Waals surface area contributed by atoms with E-state index in [2.05, 4.69) is 9.88 Å². The molecule has 1 fully saturated rings. The maximum Gasteiger partial charge on any atom is 0.124 e. The van der Waals surface area contributed by atoms with Crippen LogP contribution in [0, 0.1) is 17.7 Å². The molecule has 2 N–H and O–H groups in total. The van der Waals surface area contributed by atoms with Crippen LogP contribution >= 0.6 is 11.8 Å². The smallest absolute Gasteiger partial charge is 0.124 e. The van der Waals surface area contributed by atoms with E-state index < -0.39 is 6.10 Å². The largest absolute Gasteiger partial charge is 0.497 e. The van der Waals surface area contributed by atoms with Crippen molar-refractivity contribution in [3.8, 4) is 5.75 Å². The van der Waals surface area contributed by atoms with Crippen LogP contribution in [-0.4, -0.2) is 59.2 Å². The molecule has 7 heteroatoms. The van der Waals surface area contributed by atoms with Crippen molar-refractivity contribution in [2.24, 2.45) is 11.8 Å². The van der Waals surface area contributed by atoms with Crippen molar-refractivity contribution in [2.75, 3.05) is 39.1 Å². The van der Waals surface area contributed by atoms with Crippen LogP contribution in [0.3, 0.4) is 0 Å². The molecule has 0 spiro atoms. The van der Waals surface area contributed by atoms with Crippen LogP contribution in [-0.2, 0) is 0 Å². The molecule has 5 nitrogen and oxygen atoms in total. The summed E-state index contributed by atoms with van der Waals surface area (Å²) in [5.41, 5.74) is 1.72. The molecule has 2 aromatic carbocycles. The minimum atomic E-state index is -0.579. The van der Waals surface area contributed by atoms with E-state index in [0.29, 0.717) is 12.3 Å². The fourth-order valence-electron chi connectivity index (χ4n) is 5.07. The quantitative estimate of drug-likeness (QED) is 0.276. The van der Waals surface area contributed by atoms with Gasteiger partial charge in [-0.3, -0.25) is 4.98 Å². The number of aromatic nitrogens is 1. The molecule has 4 rings (SSSR count). The SMILES string of the molecule is COc1ccc2nccc([C@@H](O)CC[C@@H]3CCN(CCCSc4cccc(F)c4)C[C@@H]3CO)c2c1. The van der Waals surface area contributed by atoms with Gasteiger partial charge in [-0.25, -0.2) is 4.39 Å². The monoisotopic (exact) mass is 498 g/mol. The van der Waals surface area contributed by atoms with Crippen LogP contribution in [0.25, 0.3) is 10.9 Å². The number of nitrogens with zero attached hydrogens (tertiary/aromatic N) is 2. The van der Waals surface area contributed by atoms with Gasteiger partial charge in [0, 0.05) is 29.6 Å². The van der Waals surface area contributed by atoms with Crippen molar-refractivity contribution < 1.29 is 19.3 Å². The molecule has 3 atom stereocenters. The first kappa shape index (κ1) is 25.9. The summed E-state index contributed by atoms with van der Waals surface area (Å²) in [5, 5.41) is 22.0. The molecule has 0 radical (unpaired) electrons. The molecular weight excluding hydrogens is 463 g/mol. The number of thioether (sulfide) groups is 1. The number of rotatable bonds is 11. The van der Waals surface area contributed by atoms with Crippen molar-refractivity contribution in [1.29, 1.82) is 0 Å². The molecule has 3 aromatic rings. The Morgan fingerprint density at radius 1 is 1.20 bits per heavy atom. The predicted molar refractivity (Wildman–Crippen MR) is 139 cm³/mol. The Labute approximate surface area is 211 Å². The second kappa shape index (κ2) is 12.7. The van der Waals surface area contributed by atoms with Crippen molar-refractivity contribution in [3.05, 3.63) is 66.1 Å². The Kier molecular flexibility index (Phi) is 9.38. The molecule has 1 aliphatic rings. The van der Waals surface area contributed by atoms with Gasteiger partial charge in [0.25, 0.3) is 0 Å². The number of methoxy groups -OCH3 is 1. The summed E-state index contributed by atoms with van der Waals surface area (Å²) < 4.78 is 18.7. The Morgan fingerprint density at radius 2 is 2.09 bits per heavy atom. The number of piperidine rings is 1. The third-order valence-corrected chi connectivity index (χ3v) is 8.13. The molecule has 0 amide bonds. The van der Waals surface area contributed by atoms with E-state index in [9.17, 15) is 14.6 Å². The van der Waals surface area contributed by atoms with Crippen molar-refractivity contribution in [2.45, 2.75) is 36.7 Å². The zero-order valence-corrected chi connectivity index (χ0v) is 21.1. The maximum atomic E-state index is 13.3. The number of aliphatic hydroxyl groups excluding tert-OH is 2. The fraction of sp³-hybridized carbons (Fsp3) is 0.464. The van der Waals surface area contributed by atoms with Crippen LogP contribution in [0.15, 0.2) is 59.6 Å². The van der Waals surface area contributed by atoms with Gasteiger partial charge in [-0.2, -0.15) is 0 Å². The Balaban J connectivity index is 1.26. The van der Waals surface area contributed by atoms with Crippen molar-refractivity contribution in [1.82, 2.24) is 9.88 Å². The highest BCUT2D eigenvalue weighted by Crippen LogP contribution is 2.33. The highest BCUT2D eigenvalue weighted by atomic mass is 32.2. The van der Waals surface area contributed by atoms with Gasteiger partial charge in [0.15, 0.2) is 0 Å². The van der Waals surface area contributed by atoms with E-state index in [1.54, 1.807) is 37.2 Å². The lowest BCUT2D eigenvalue weighted by atomic mass is 9.81. The van der Waals surface area contributed by atoms with Crippen molar-refractivity contribution in [3.63, 3.8) is 0 Å². The summed E-state index contributed by atoms with van der Waals surface area (Å²) in [5.74, 6) is 2.13. The molecule has 188 valence electrons. The topological polar surface area (TPSA) is 65.8 Å². The van der Waals surface area contributed by atoms with E-state index in [1.165, 1.54) is 6.07 Å². The summed E-state index contributed by atoms with van der Waals surface area (Å²) in [7, 11) is 1.64.